The number of hydrogen-bond donors (Lipinski definition) is 2. The molecular formula is C19H21NO5. The molecule has 0 spiro atoms. The summed E-state index contributed by atoms with van der Waals surface area (Å²) in [6.45, 7) is 2.68. The summed E-state index contributed by atoms with van der Waals surface area (Å²) in [5.74, 6) is 0.336. The van der Waals surface area contributed by atoms with E-state index in [1.54, 1.807) is 36.4 Å². The number of carboxylic acids is 1. The molecule has 132 valence electrons. The predicted molar refractivity (Wildman–Crippen MR) is 93.3 cm³/mol. The Kier molecular flexibility index (Phi) is 6.83. The number of carboxylic acid groups (broad SMARTS) is 1. The van der Waals surface area contributed by atoms with Gasteiger partial charge in [0, 0.05) is 13.0 Å². The molecule has 0 aliphatic rings. The average Bonchev–Trinajstić information content (AvgIpc) is 2.61. The lowest BCUT2D eigenvalue weighted by atomic mass is 10.2. The molecule has 0 heterocycles. The molecule has 0 fully saturated rings. The van der Waals surface area contributed by atoms with Crippen molar-refractivity contribution in [1.29, 1.82) is 0 Å². The van der Waals surface area contributed by atoms with E-state index >= 15 is 0 Å². The molecule has 0 aliphatic heterocycles. The third-order valence-electron chi connectivity index (χ3n) is 3.35. The van der Waals surface area contributed by atoms with Crippen molar-refractivity contribution in [3.63, 3.8) is 0 Å². The summed E-state index contributed by atoms with van der Waals surface area (Å²) < 4.78 is 11.4. The predicted octanol–water partition coefficient (Wildman–Crippen LogP) is 3.47. The minimum Gasteiger partial charge on any atom is -0.490 e. The summed E-state index contributed by atoms with van der Waals surface area (Å²) in [6, 6.07) is 14.1. The van der Waals surface area contributed by atoms with E-state index in [1.165, 1.54) is 0 Å². The topological polar surface area (TPSA) is 84.9 Å². The van der Waals surface area contributed by atoms with Crippen LogP contribution in [0.15, 0.2) is 48.5 Å². The zero-order valence-electron chi connectivity index (χ0n) is 14.0. The molecule has 2 rings (SSSR count). The molecule has 0 saturated heterocycles. The van der Waals surface area contributed by atoms with Crippen LogP contribution in [0.3, 0.4) is 0 Å². The van der Waals surface area contributed by atoms with Gasteiger partial charge in [-0.3, -0.25) is 9.59 Å². The Labute approximate surface area is 146 Å². The zero-order chi connectivity index (χ0) is 18.1. The van der Waals surface area contributed by atoms with Crippen molar-refractivity contribution in [2.75, 3.05) is 13.2 Å². The molecule has 6 nitrogen and oxygen atoms in total. The minimum absolute atomic E-state index is 0.0140. The van der Waals surface area contributed by atoms with Crippen LogP contribution in [0.4, 0.5) is 0 Å². The molecule has 0 bridgehead atoms. The van der Waals surface area contributed by atoms with Crippen LogP contribution in [-0.4, -0.2) is 30.1 Å². The van der Waals surface area contributed by atoms with Crippen LogP contribution in [0.1, 0.15) is 30.1 Å². The molecule has 2 aromatic rings. The Balaban J connectivity index is 2.10. The second-order valence-corrected chi connectivity index (χ2v) is 5.23. The standard InChI is InChI=1S/C19H21NO5/c1-2-24-16-10-5-6-11-17(16)25-15-9-4-3-8-14(15)19(23)20-13-7-12-18(21)22/h3-6,8-11H,2,7,12-13H2,1H3,(H,20,23)(H,21,22). The molecule has 0 saturated carbocycles. The van der Waals surface area contributed by atoms with Gasteiger partial charge in [-0.15, -0.1) is 0 Å². The Morgan fingerprint density at radius 3 is 2.32 bits per heavy atom. The van der Waals surface area contributed by atoms with Crippen molar-refractivity contribution in [1.82, 2.24) is 5.32 Å². The highest BCUT2D eigenvalue weighted by Crippen LogP contribution is 2.32. The number of carbonyl (C=O) groups is 2. The third kappa shape index (κ3) is 5.53. The van der Waals surface area contributed by atoms with Gasteiger partial charge in [0.2, 0.25) is 0 Å². The first kappa shape index (κ1) is 18.3. The normalized spacial score (nSPS) is 10.1. The van der Waals surface area contributed by atoms with Gasteiger partial charge >= 0.3 is 5.97 Å². The number of carbonyl (C=O) groups excluding carboxylic acids is 1. The van der Waals surface area contributed by atoms with Crippen LogP contribution >= 0.6 is 0 Å². The van der Waals surface area contributed by atoms with Crippen molar-refractivity contribution in [2.45, 2.75) is 19.8 Å². The van der Waals surface area contributed by atoms with Crippen LogP contribution in [-0.2, 0) is 4.79 Å². The number of aliphatic carboxylic acids is 1. The summed E-state index contributed by atoms with van der Waals surface area (Å²) in [7, 11) is 0. The van der Waals surface area contributed by atoms with Gasteiger partial charge in [-0.1, -0.05) is 24.3 Å². The first-order chi connectivity index (χ1) is 12.1. The molecule has 0 atom stereocenters. The van der Waals surface area contributed by atoms with Crippen molar-refractivity contribution < 1.29 is 24.2 Å². The van der Waals surface area contributed by atoms with Gasteiger partial charge in [-0.05, 0) is 37.6 Å². The van der Waals surface area contributed by atoms with Gasteiger partial charge in [-0.25, -0.2) is 0 Å². The summed E-state index contributed by atoms with van der Waals surface area (Å²) in [5.41, 5.74) is 0.379. The maximum absolute atomic E-state index is 12.3. The minimum atomic E-state index is -0.884. The highest BCUT2D eigenvalue weighted by Gasteiger charge is 2.14. The van der Waals surface area contributed by atoms with E-state index in [2.05, 4.69) is 5.32 Å². The molecule has 0 radical (unpaired) electrons. The molecule has 6 heteroatoms. The van der Waals surface area contributed by atoms with Crippen LogP contribution in [0.2, 0.25) is 0 Å². The largest absolute Gasteiger partial charge is 0.490 e. The molecular weight excluding hydrogens is 322 g/mol. The van der Waals surface area contributed by atoms with E-state index in [-0.39, 0.29) is 18.9 Å². The fourth-order valence-corrected chi connectivity index (χ4v) is 2.21. The van der Waals surface area contributed by atoms with Gasteiger partial charge in [-0.2, -0.15) is 0 Å². The van der Waals surface area contributed by atoms with Gasteiger partial charge < -0.3 is 19.9 Å². The molecule has 25 heavy (non-hydrogen) atoms. The first-order valence-corrected chi connectivity index (χ1v) is 8.10. The van der Waals surface area contributed by atoms with Gasteiger partial charge in [0.1, 0.15) is 5.75 Å². The Bertz CT molecular complexity index is 729. The lowest BCUT2D eigenvalue weighted by Crippen LogP contribution is -2.25. The van der Waals surface area contributed by atoms with E-state index in [9.17, 15) is 9.59 Å². The fourth-order valence-electron chi connectivity index (χ4n) is 2.21. The number of benzene rings is 2. The zero-order valence-corrected chi connectivity index (χ0v) is 14.0. The lowest BCUT2D eigenvalue weighted by Gasteiger charge is -2.14. The number of ether oxygens (including phenoxy) is 2. The van der Waals surface area contributed by atoms with Crippen molar-refractivity contribution in [3.8, 4) is 17.2 Å². The second kappa shape index (κ2) is 9.32. The van der Waals surface area contributed by atoms with E-state index in [4.69, 9.17) is 14.6 Å². The molecule has 0 unspecified atom stereocenters. The van der Waals surface area contributed by atoms with Crippen LogP contribution < -0.4 is 14.8 Å². The van der Waals surface area contributed by atoms with Gasteiger partial charge in [0.05, 0.1) is 12.2 Å². The van der Waals surface area contributed by atoms with E-state index in [0.29, 0.717) is 35.8 Å². The summed E-state index contributed by atoms with van der Waals surface area (Å²) in [5, 5.41) is 11.3. The molecule has 1 amide bonds. The van der Waals surface area contributed by atoms with Crippen LogP contribution in [0.25, 0.3) is 0 Å². The monoisotopic (exact) mass is 343 g/mol. The number of nitrogens with one attached hydrogen (secondary N) is 1. The van der Waals surface area contributed by atoms with Crippen LogP contribution in [0.5, 0.6) is 17.2 Å². The van der Waals surface area contributed by atoms with Crippen LogP contribution in [0, 0.1) is 0 Å². The highest BCUT2D eigenvalue weighted by molar-refractivity contribution is 5.97. The maximum atomic E-state index is 12.3. The van der Waals surface area contributed by atoms with Gasteiger partial charge in [0.15, 0.2) is 11.5 Å². The van der Waals surface area contributed by atoms with Gasteiger partial charge in [0.25, 0.3) is 5.91 Å². The molecule has 2 N–H and O–H groups in total. The van der Waals surface area contributed by atoms with E-state index < -0.39 is 5.97 Å². The number of rotatable bonds is 9. The highest BCUT2D eigenvalue weighted by atomic mass is 16.5. The second-order valence-electron chi connectivity index (χ2n) is 5.23. The average molecular weight is 343 g/mol. The van der Waals surface area contributed by atoms with Crippen molar-refractivity contribution >= 4 is 11.9 Å². The number of hydrogen-bond acceptors (Lipinski definition) is 4. The van der Waals surface area contributed by atoms with Crippen molar-refractivity contribution in [2.24, 2.45) is 0 Å². The Morgan fingerprint density at radius 2 is 1.64 bits per heavy atom. The Morgan fingerprint density at radius 1 is 1.00 bits per heavy atom. The first-order valence-electron chi connectivity index (χ1n) is 8.10. The maximum Gasteiger partial charge on any atom is 0.303 e. The molecule has 0 aliphatic carbocycles. The number of amides is 1. The lowest BCUT2D eigenvalue weighted by molar-refractivity contribution is -0.137. The SMILES string of the molecule is CCOc1ccccc1Oc1ccccc1C(=O)NCCCC(=O)O. The molecule has 2 aromatic carbocycles. The smallest absolute Gasteiger partial charge is 0.303 e. The third-order valence-corrected chi connectivity index (χ3v) is 3.35. The van der Waals surface area contributed by atoms with E-state index in [0.717, 1.165) is 0 Å². The molecule has 0 aromatic heterocycles. The van der Waals surface area contributed by atoms with Crippen molar-refractivity contribution in [3.05, 3.63) is 54.1 Å². The van der Waals surface area contributed by atoms with E-state index in [1.807, 2.05) is 19.1 Å². The Hall–Kier alpha value is -3.02. The summed E-state index contributed by atoms with van der Waals surface area (Å²) >= 11 is 0. The fraction of sp³-hybridized carbons (Fsp3) is 0.263. The number of para-hydroxylation sites is 3. The summed E-state index contributed by atoms with van der Waals surface area (Å²) in [4.78, 5) is 22.9. The summed E-state index contributed by atoms with van der Waals surface area (Å²) in [6.07, 6.45) is 0.386. The quantitative estimate of drug-likeness (QED) is 0.681.